The Morgan fingerprint density at radius 2 is 2.00 bits per heavy atom. The molecule has 0 amide bonds. The third kappa shape index (κ3) is 3.03. The summed E-state index contributed by atoms with van der Waals surface area (Å²) in [6.45, 7) is 0.773. The SMILES string of the molecule is Cl.NC1CCC2CN(S(=O)(=O)c3cc(Cl)c(Br)cc3F)CC12. The van der Waals surface area contributed by atoms with Crippen molar-refractivity contribution in [3.63, 3.8) is 0 Å². The molecule has 2 fully saturated rings. The van der Waals surface area contributed by atoms with E-state index in [-0.39, 0.29) is 40.2 Å². The number of rotatable bonds is 2. The summed E-state index contributed by atoms with van der Waals surface area (Å²) < 4.78 is 41.0. The lowest BCUT2D eigenvalue weighted by Crippen LogP contribution is -2.33. The van der Waals surface area contributed by atoms with Crippen LogP contribution in [0.1, 0.15) is 12.8 Å². The Morgan fingerprint density at radius 1 is 1.32 bits per heavy atom. The monoisotopic (exact) mass is 432 g/mol. The van der Waals surface area contributed by atoms with Crippen LogP contribution in [0.15, 0.2) is 21.5 Å². The zero-order chi connectivity index (χ0) is 15.4. The van der Waals surface area contributed by atoms with Crippen molar-refractivity contribution in [2.75, 3.05) is 13.1 Å². The molecule has 1 aliphatic carbocycles. The maximum atomic E-state index is 14.0. The van der Waals surface area contributed by atoms with Gasteiger partial charge in [-0.2, -0.15) is 4.31 Å². The van der Waals surface area contributed by atoms with Gasteiger partial charge >= 0.3 is 0 Å². The van der Waals surface area contributed by atoms with Crippen molar-refractivity contribution in [2.45, 2.75) is 23.8 Å². The van der Waals surface area contributed by atoms with E-state index in [9.17, 15) is 12.8 Å². The van der Waals surface area contributed by atoms with Gasteiger partial charge in [0.05, 0.1) is 5.02 Å². The molecule has 124 valence electrons. The highest BCUT2D eigenvalue weighted by atomic mass is 79.9. The summed E-state index contributed by atoms with van der Waals surface area (Å²) in [5.74, 6) is -0.342. The lowest BCUT2D eigenvalue weighted by atomic mass is 9.98. The van der Waals surface area contributed by atoms with Gasteiger partial charge in [0.1, 0.15) is 10.7 Å². The molecule has 1 aliphatic heterocycles. The van der Waals surface area contributed by atoms with E-state index in [2.05, 4.69) is 15.9 Å². The quantitative estimate of drug-likeness (QED) is 0.729. The fourth-order valence-corrected chi connectivity index (χ4v) is 5.45. The summed E-state index contributed by atoms with van der Waals surface area (Å²) in [7, 11) is -3.88. The molecule has 0 radical (unpaired) electrons. The van der Waals surface area contributed by atoms with Crippen molar-refractivity contribution in [1.29, 1.82) is 0 Å². The zero-order valence-corrected chi connectivity index (χ0v) is 15.5. The molecule has 9 heteroatoms. The summed E-state index contributed by atoms with van der Waals surface area (Å²) in [5.41, 5.74) is 6.02. The first kappa shape index (κ1) is 18.4. The summed E-state index contributed by atoms with van der Waals surface area (Å²) >= 11 is 8.98. The molecule has 22 heavy (non-hydrogen) atoms. The molecule has 1 aromatic carbocycles. The molecule has 1 aromatic rings. The second kappa shape index (κ2) is 6.53. The fourth-order valence-electron chi connectivity index (χ4n) is 3.30. The largest absolute Gasteiger partial charge is 0.327 e. The standard InChI is InChI=1S/C13H15BrClFN2O2S.ClH/c14-9-3-11(16)13(4-10(9)15)21(19,20)18-5-7-1-2-12(17)8(7)6-18;/h3-4,7-8,12H,1-2,5-6,17H2;1H. The van der Waals surface area contributed by atoms with E-state index in [0.717, 1.165) is 25.0 Å². The number of nitrogens with two attached hydrogens (primary N) is 1. The van der Waals surface area contributed by atoms with Crippen LogP contribution in [0.4, 0.5) is 4.39 Å². The minimum absolute atomic E-state index is 0. The van der Waals surface area contributed by atoms with Gasteiger partial charge in [-0.3, -0.25) is 0 Å². The number of nitrogens with zero attached hydrogens (tertiary/aromatic N) is 1. The molecule has 0 spiro atoms. The van der Waals surface area contributed by atoms with Crippen LogP contribution < -0.4 is 5.73 Å². The molecule has 3 unspecified atom stereocenters. The van der Waals surface area contributed by atoms with Crippen LogP contribution >= 0.6 is 39.9 Å². The molecule has 1 saturated heterocycles. The Bertz CT molecular complexity index is 689. The minimum atomic E-state index is -3.88. The number of halogens is 4. The Kier molecular flexibility index (Phi) is 5.47. The van der Waals surface area contributed by atoms with Crippen molar-refractivity contribution in [3.05, 3.63) is 27.4 Å². The molecule has 3 rings (SSSR count). The zero-order valence-electron chi connectivity index (χ0n) is 11.5. The van der Waals surface area contributed by atoms with Crippen molar-refractivity contribution in [1.82, 2.24) is 4.31 Å². The van der Waals surface area contributed by atoms with Gasteiger partial charge in [0, 0.05) is 23.6 Å². The maximum absolute atomic E-state index is 14.0. The van der Waals surface area contributed by atoms with Crippen LogP contribution in [0.25, 0.3) is 0 Å². The first-order valence-electron chi connectivity index (χ1n) is 6.71. The van der Waals surface area contributed by atoms with Gasteiger partial charge in [-0.1, -0.05) is 11.6 Å². The van der Waals surface area contributed by atoms with Crippen LogP contribution in [0.2, 0.25) is 5.02 Å². The topological polar surface area (TPSA) is 63.4 Å². The molecular weight excluding hydrogens is 418 g/mol. The van der Waals surface area contributed by atoms with Crippen LogP contribution in [-0.2, 0) is 10.0 Å². The summed E-state index contributed by atoms with van der Waals surface area (Å²) in [5, 5.41) is 0.172. The fraction of sp³-hybridized carbons (Fsp3) is 0.538. The van der Waals surface area contributed by atoms with E-state index in [0.29, 0.717) is 17.6 Å². The number of hydrogen-bond acceptors (Lipinski definition) is 3. The third-order valence-electron chi connectivity index (χ3n) is 4.47. The Hall–Kier alpha value is 0.0800. The van der Waals surface area contributed by atoms with Crippen molar-refractivity contribution >= 4 is 50.0 Å². The van der Waals surface area contributed by atoms with Gasteiger partial charge < -0.3 is 5.73 Å². The van der Waals surface area contributed by atoms with Crippen molar-refractivity contribution < 1.29 is 12.8 Å². The predicted octanol–water partition coefficient (Wildman–Crippen LogP) is 3.02. The molecule has 4 nitrogen and oxygen atoms in total. The van der Waals surface area contributed by atoms with Crippen molar-refractivity contribution in [2.24, 2.45) is 17.6 Å². The second-order valence-electron chi connectivity index (χ2n) is 5.68. The molecule has 2 N–H and O–H groups in total. The van der Waals surface area contributed by atoms with Gasteiger partial charge in [0.25, 0.3) is 0 Å². The minimum Gasteiger partial charge on any atom is -0.327 e. The van der Waals surface area contributed by atoms with Crippen LogP contribution in [0, 0.1) is 17.7 Å². The smallest absolute Gasteiger partial charge is 0.246 e. The maximum Gasteiger partial charge on any atom is 0.246 e. The average Bonchev–Trinajstić information content (AvgIpc) is 2.97. The van der Waals surface area contributed by atoms with E-state index in [1.54, 1.807) is 0 Å². The van der Waals surface area contributed by atoms with Gasteiger partial charge in [-0.05, 0) is 52.7 Å². The predicted molar refractivity (Wildman–Crippen MR) is 89.3 cm³/mol. The highest BCUT2D eigenvalue weighted by Crippen LogP contribution is 2.40. The summed E-state index contributed by atoms with van der Waals surface area (Å²) in [6.07, 6.45) is 1.86. The second-order valence-corrected chi connectivity index (χ2v) is 8.85. The molecule has 2 aliphatic rings. The average molecular weight is 434 g/mol. The number of fused-ring (bicyclic) bond motifs is 1. The first-order chi connectivity index (χ1) is 9.80. The van der Waals surface area contributed by atoms with E-state index in [4.69, 9.17) is 17.3 Å². The molecule has 1 heterocycles. The number of benzene rings is 1. The molecule has 0 bridgehead atoms. The lowest BCUT2D eigenvalue weighted by Gasteiger charge is -2.19. The Morgan fingerprint density at radius 3 is 2.64 bits per heavy atom. The van der Waals surface area contributed by atoms with E-state index in [1.807, 2.05) is 0 Å². The Balaban J connectivity index is 0.00000176. The number of sulfonamides is 1. The first-order valence-corrected chi connectivity index (χ1v) is 9.32. The highest BCUT2D eigenvalue weighted by Gasteiger charge is 2.45. The van der Waals surface area contributed by atoms with E-state index in [1.165, 1.54) is 4.31 Å². The van der Waals surface area contributed by atoms with E-state index >= 15 is 0 Å². The molecular formula is C13H16BrCl2FN2O2S. The van der Waals surface area contributed by atoms with Gasteiger partial charge in [-0.25, -0.2) is 12.8 Å². The van der Waals surface area contributed by atoms with Crippen molar-refractivity contribution in [3.8, 4) is 0 Å². The normalized spacial score (nSPS) is 28.5. The molecule has 3 atom stereocenters. The van der Waals surface area contributed by atoms with E-state index < -0.39 is 15.8 Å². The number of hydrogen-bond donors (Lipinski definition) is 1. The highest BCUT2D eigenvalue weighted by molar-refractivity contribution is 9.10. The summed E-state index contributed by atoms with van der Waals surface area (Å²) in [4.78, 5) is -0.371. The van der Waals surface area contributed by atoms with Crippen LogP contribution in [-0.4, -0.2) is 31.9 Å². The van der Waals surface area contributed by atoms with Gasteiger partial charge in [0.15, 0.2) is 0 Å². The van der Waals surface area contributed by atoms with Gasteiger partial charge in [0.2, 0.25) is 10.0 Å². The molecule has 0 aromatic heterocycles. The third-order valence-corrected chi connectivity index (χ3v) is 7.52. The summed E-state index contributed by atoms with van der Waals surface area (Å²) in [6, 6.07) is 2.27. The van der Waals surface area contributed by atoms with Crippen LogP contribution in [0.5, 0.6) is 0 Å². The van der Waals surface area contributed by atoms with Gasteiger partial charge in [-0.15, -0.1) is 12.4 Å². The molecule has 1 saturated carbocycles. The Labute approximate surface area is 148 Å². The lowest BCUT2D eigenvalue weighted by molar-refractivity contribution is 0.424. The van der Waals surface area contributed by atoms with Crippen LogP contribution in [0.3, 0.4) is 0 Å².